The molecule has 0 aliphatic heterocycles. The number of allylic oxidation sites excluding steroid dienone is 1. The highest BCUT2D eigenvalue weighted by Gasteiger charge is 2.06. The van der Waals surface area contributed by atoms with Gasteiger partial charge in [-0.2, -0.15) is 0 Å². The summed E-state index contributed by atoms with van der Waals surface area (Å²) in [6.07, 6.45) is 3.63. The molecule has 0 saturated carbocycles. The lowest BCUT2D eigenvalue weighted by Gasteiger charge is -2.08. The summed E-state index contributed by atoms with van der Waals surface area (Å²) in [6, 6.07) is 22.6. The van der Waals surface area contributed by atoms with Gasteiger partial charge in [0.1, 0.15) is 0 Å². The summed E-state index contributed by atoms with van der Waals surface area (Å²) in [4.78, 5) is 13.0. The van der Waals surface area contributed by atoms with Crippen molar-refractivity contribution in [1.29, 1.82) is 0 Å². The van der Waals surface area contributed by atoms with Crippen LogP contribution in [0.3, 0.4) is 0 Å². The van der Waals surface area contributed by atoms with Crippen molar-refractivity contribution in [3.63, 3.8) is 0 Å². The van der Waals surface area contributed by atoms with Crippen LogP contribution >= 0.6 is 11.3 Å². The smallest absolute Gasteiger partial charge is 0.195 e. The fraction of sp³-hybridized carbons (Fsp3) is 0. The number of thiophene rings is 1. The predicted octanol–water partition coefficient (Wildman–Crippen LogP) is 5.95. The van der Waals surface area contributed by atoms with E-state index >= 15 is 0 Å². The molecular weight excluding hydrogens is 300 g/mol. The Kier molecular flexibility index (Phi) is 3.52. The van der Waals surface area contributed by atoms with Gasteiger partial charge in [-0.25, -0.2) is 0 Å². The van der Waals surface area contributed by atoms with E-state index in [-0.39, 0.29) is 5.78 Å². The molecular formula is C21H14OS. The second-order valence-corrected chi connectivity index (χ2v) is 6.36. The number of rotatable bonds is 3. The van der Waals surface area contributed by atoms with Gasteiger partial charge in [0.2, 0.25) is 0 Å². The van der Waals surface area contributed by atoms with E-state index in [1.165, 1.54) is 32.9 Å². The molecule has 1 heterocycles. The van der Waals surface area contributed by atoms with E-state index in [4.69, 9.17) is 0 Å². The van der Waals surface area contributed by atoms with E-state index < -0.39 is 0 Å². The molecule has 0 atom stereocenters. The van der Waals surface area contributed by atoms with Gasteiger partial charge < -0.3 is 0 Å². The Bertz CT molecular complexity index is 972. The zero-order chi connectivity index (χ0) is 15.6. The molecule has 0 bridgehead atoms. The molecule has 23 heavy (non-hydrogen) atoms. The van der Waals surface area contributed by atoms with Gasteiger partial charge in [-0.1, -0.05) is 54.6 Å². The monoisotopic (exact) mass is 314 g/mol. The molecule has 0 aliphatic carbocycles. The van der Waals surface area contributed by atoms with Crippen LogP contribution in [0.1, 0.15) is 15.2 Å². The molecule has 0 saturated heterocycles. The van der Waals surface area contributed by atoms with Crippen molar-refractivity contribution < 1.29 is 4.79 Å². The first-order valence-corrected chi connectivity index (χ1v) is 8.37. The first-order valence-electron chi connectivity index (χ1n) is 7.49. The molecule has 0 aliphatic rings. The van der Waals surface area contributed by atoms with Crippen LogP contribution in [0, 0.1) is 0 Å². The Labute approximate surface area is 138 Å². The molecule has 1 nitrogen and oxygen atoms in total. The lowest BCUT2D eigenvalue weighted by Crippen LogP contribution is -1.90. The Hall–Kier alpha value is -2.71. The van der Waals surface area contributed by atoms with Crippen molar-refractivity contribution in [2.75, 3.05) is 0 Å². The van der Waals surface area contributed by atoms with E-state index in [0.717, 1.165) is 10.4 Å². The van der Waals surface area contributed by atoms with Crippen molar-refractivity contribution in [3.8, 4) is 0 Å². The van der Waals surface area contributed by atoms with E-state index in [1.807, 2.05) is 47.9 Å². The average Bonchev–Trinajstić information content (AvgIpc) is 3.13. The van der Waals surface area contributed by atoms with Crippen LogP contribution in [0.2, 0.25) is 0 Å². The highest BCUT2D eigenvalue weighted by molar-refractivity contribution is 7.12. The summed E-state index contributed by atoms with van der Waals surface area (Å²) in [7, 11) is 0. The number of carbonyl (C=O) groups is 1. The lowest BCUT2D eigenvalue weighted by molar-refractivity contribution is 0.105. The standard InChI is InChI=1S/C21H14OS/c22-20(21-10-5-13-23-21)12-11-19-17-8-3-1-6-15(17)14-16-7-2-4-9-18(16)19/h1-14H/b12-11-. The Balaban J connectivity index is 1.91. The van der Waals surface area contributed by atoms with Gasteiger partial charge in [-0.3, -0.25) is 4.79 Å². The first-order chi connectivity index (χ1) is 11.3. The van der Waals surface area contributed by atoms with Gasteiger partial charge >= 0.3 is 0 Å². The number of hydrogen-bond donors (Lipinski definition) is 0. The number of hydrogen-bond acceptors (Lipinski definition) is 2. The van der Waals surface area contributed by atoms with Crippen molar-refractivity contribution in [2.45, 2.75) is 0 Å². The normalized spacial score (nSPS) is 11.5. The number of ketones is 1. The third-order valence-corrected chi connectivity index (χ3v) is 4.86. The molecule has 2 heteroatoms. The zero-order valence-electron chi connectivity index (χ0n) is 12.4. The minimum Gasteiger partial charge on any atom is -0.288 e. The minimum absolute atomic E-state index is 0.0528. The van der Waals surface area contributed by atoms with Crippen LogP contribution in [-0.4, -0.2) is 5.78 Å². The quantitative estimate of drug-likeness (QED) is 0.259. The second kappa shape index (κ2) is 5.82. The Morgan fingerprint density at radius 3 is 2.09 bits per heavy atom. The van der Waals surface area contributed by atoms with E-state index in [1.54, 1.807) is 6.08 Å². The molecule has 4 aromatic rings. The third-order valence-electron chi connectivity index (χ3n) is 3.98. The van der Waals surface area contributed by atoms with Gasteiger partial charge in [0.15, 0.2) is 5.78 Å². The summed E-state index contributed by atoms with van der Waals surface area (Å²) >= 11 is 1.47. The second-order valence-electron chi connectivity index (χ2n) is 5.41. The molecule has 0 amide bonds. The molecule has 3 aromatic carbocycles. The van der Waals surface area contributed by atoms with E-state index in [2.05, 4.69) is 30.3 Å². The van der Waals surface area contributed by atoms with Crippen molar-refractivity contribution >= 4 is 44.7 Å². The lowest BCUT2D eigenvalue weighted by atomic mass is 9.96. The Morgan fingerprint density at radius 1 is 0.826 bits per heavy atom. The first kappa shape index (κ1) is 13.9. The van der Waals surface area contributed by atoms with Crippen LogP contribution in [-0.2, 0) is 0 Å². The molecule has 110 valence electrons. The molecule has 0 N–H and O–H groups in total. The highest BCUT2D eigenvalue weighted by Crippen LogP contribution is 2.29. The third kappa shape index (κ3) is 2.58. The van der Waals surface area contributed by atoms with Crippen LogP contribution in [0.4, 0.5) is 0 Å². The van der Waals surface area contributed by atoms with Gasteiger partial charge in [0.05, 0.1) is 4.88 Å². The van der Waals surface area contributed by atoms with Crippen LogP contribution < -0.4 is 0 Å². The molecule has 0 unspecified atom stereocenters. The summed E-state index contributed by atoms with van der Waals surface area (Å²) in [5.41, 5.74) is 1.10. The van der Waals surface area contributed by atoms with E-state index in [0.29, 0.717) is 0 Å². The average molecular weight is 314 g/mol. The summed E-state index contributed by atoms with van der Waals surface area (Å²) < 4.78 is 0. The van der Waals surface area contributed by atoms with Crippen LogP contribution in [0.5, 0.6) is 0 Å². The summed E-state index contributed by atoms with van der Waals surface area (Å²) in [5.74, 6) is 0.0528. The van der Waals surface area contributed by atoms with Gasteiger partial charge in [0.25, 0.3) is 0 Å². The van der Waals surface area contributed by atoms with Crippen LogP contribution in [0.25, 0.3) is 27.6 Å². The van der Waals surface area contributed by atoms with Crippen LogP contribution in [0.15, 0.2) is 78.2 Å². The SMILES string of the molecule is O=C(/C=C\c1c2ccccc2cc2ccccc12)c1cccs1. The molecule has 0 spiro atoms. The number of carbonyl (C=O) groups excluding carboxylic acids is 1. The molecule has 0 radical (unpaired) electrons. The molecule has 1 aromatic heterocycles. The predicted molar refractivity (Wildman–Crippen MR) is 99.1 cm³/mol. The van der Waals surface area contributed by atoms with Crippen molar-refractivity contribution in [3.05, 3.63) is 88.6 Å². The summed E-state index contributed by atoms with van der Waals surface area (Å²) in [6.45, 7) is 0. The van der Waals surface area contributed by atoms with Gasteiger partial charge in [-0.15, -0.1) is 11.3 Å². The summed E-state index contributed by atoms with van der Waals surface area (Å²) in [5, 5.41) is 6.64. The van der Waals surface area contributed by atoms with E-state index in [9.17, 15) is 4.79 Å². The largest absolute Gasteiger partial charge is 0.288 e. The maximum Gasteiger partial charge on any atom is 0.195 e. The highest BCUT2D eigenvalue weighted by atomic mass is 32.1. The van der Waals surface area contributed by atoms with Gasteiger partial charge in [-0.05, 0) is 56.8 Å². The Morgan fingerprint density at radius 2 is 1.48 bits per heavy atom. The fourth-order valence-electron chi connectivity index (χ4n) is 2.89. The molecule has 0 fully saturated rings. The molecule has 4 rings (SSSR count). The van der Waals surface area contributed by atoms with Crippen molar-refractivity contribution in [2.24, 2.45) is 0 Å². The van der Waals surface area contributed by atoms with Gasteiger partial charge in [0, 0.05) is 0 Å². The minimum atomic E-state index is 0.0528. The topological polar surface area (TPSA) is 17.1 Å². The maximum atomic E-state index is 12.3. The number of fused-ring (bicyclic) bond motifs is 2. The maximum absolute atomic E-state index is 12.3. The zero-order valence-corrected chi connectivity index (χ0v) is 13.2. The number of benzene rings is 3. The fourth-order valence-corrected chi connectivity index (χ4v) is 3.53. The van der Waals surface area contributed by atoms with Crippen molar-refractivity contribution in [1.82, 2.24) is 0 Å².